The Balaban J connectivity index is 1.55. The Morgan fingerprint density at radius 3 is 2.53 bits per heavy atom. The van der Waals surface area contributed by atoms with E-state index in [1.54, 1.807) is 12.2 Å². The molecular formula is C25H29F3O2. The van der Waals surface area contributed by atoms with Gasteiger partial charge in [-0.15, -0.1) is 0 Å². The van der Waals surface area contributed by atoms with Crippen molar-refractivity contribution in [2.45, 2.75) is 58.0 Å². The van der Waals surface area contributed by atoms with Gasteiger partial charge in [-0.1, -0.05) is 49.8 Å². The minimum atomic E-state index is -2.83. The number of benzene rings is 2. The van der Waals surface area contributed by atoms with E-state index in [1.165, 1.54) is 24.6 Å². The average Bonchev–Trinajstić information content (AvgIpc) is 2.74. The molecule has 0 aliphatic carbocycles. The van der Waals surface area contributed by atoms with E-state index in [9.17, 15) is 13.2 Å². The van der Waals surface area contributed by atoms with Crippen molar-refractivity contribution in [1.29, 1.82) is 0 Å². The fourth-order valence-electron chi connectivity index (χ4n) is 3.67. The Bertz CT molecular complexity index is 838. The molecule has 162 valence electrons. The van der Waals surface area contributed by atoms with Crippen LogP contribution in [-0.2, 0) is 4.74 Å². The molecule has 0 N–H and O–H groups in total. The third-order valence-electron chi connectivity index (χ3n) is 5.57. The standard InChI is InChI=1S/C25H29F3O2/c1-3-4-15-29-21-11-7-18(8-12-21)20-10-14-22(30-16-20)13-9-19-6-5-17(2)23(24(19)26)25(27)28/h5-9,11-13,20,22,25H,3-4,10,14-16H2,1-2H3/b13-9+. The number of hydrogen-bond acceptors (Lipinski definition) is 2. The Morgan fingerprint density at radius 2 is 1.90 bits per heavy atom. The van der Waals surface area contributed by atoms with Crippen LogP contribution in [0.5, 0.6) is 5.75 Å². The highest BCUT2D eigenvalue weighted by Crippen LogP contribution is 2.31. The molecule has 5 heteroatoms. The average molecular weight is 418 g/mol. The van der Waals surface area contributed by atoms with Gasteiger partial charge in [-0.25, -0.2) is 13.2 Å². The van der Waals surface area contributed by atoms with Gasteiger partial charge in [0.05, 0.1) is 24.9 Å². The summed E-state index contributed by atoms with van der Waals surface area (Å²) in [4.78, 5) is 0. The lowest BCUT2D eigenvalue weighted by Gasteiger charge is -2.27. The number of halogens is 3. The van der Waals surface area contributed by atoms with Crippen molar-refractivity contribution in [1.82, 2.24) is 0 Å². The van der Waals surface area contributed by atoms with Gasteiger partial charge in [-0.3, -0.25) is 0 Å². The van der Waals surface area contributed by atoms with Crippen LogP contribution in [0, 0.1) is 12.7 Å². The second-order valence-electron chi connectivity index (χ2n) is 7.78. The van der Waals surface area contributed by atoms with E-state index in [2.05, 4.69) is 19.1 Å². The summed E-state index contributed by atoms with van der Waals surface area (Å²) in [5, 5.41) is 0. The first-order chi connectivity index (χ1) is 14.5. The van der Waals surface area contributed by atoms with E-state index in [0.29, 0.717) is 12.5 Å². The lowest BCUT2D eigenvalue weighted by atomic mass is 9.91. The molecule has 1 fully saturated rings. The van der Waals surface area contributed by atoms with Crippen LogP contribution in [0.15, 0.2) is 42.5 Å². The van der Waals surface area contributed by atoms with E-state index in [0.717, 1.165) is 38.0 Å². The van der Waals surface area contributed by atoms with E-state index in [1.807, 2.05) is 12.1 Å². The van der Waals surface area contributed by atoms with E-state index in [-0.39, 0.29) is 17.2 Å². The van der Waals surface area contributed by atoms with Crippen LogP contribution in [0.1, 0.15) is 67.2 Å². The smallest absolute Gasteiger partial charge is 0.266 e. The molecule has 3 rings (SSSR count). The second-order valence-corrected chi connectivity index (χ2v) is 7.78. The third kappa shape index (κ3) is 5.66. The van der Waals surface area contributed by atoms with Gasteiger partial charge in [0.1, 0.15) is 11.6 Å². The van der Waals surface area contributed by atoms with Crippen molar-refractivity contribution in [2.75, 3.05) is 13.2 Å². The number of ether oxygens (including phenoxy) is 2. The van der Waals surface area contributed by atoms with Gasteiger partial charge in [0, 0.05) is 11.5 Å². The number of unbranched alkanes of at least 4 members (excludes halogenated alkanes) is 1. The highest BCUT2D eigenvalue weighted by Gasteiger charge is 2.22. The maximum atomic E-state index is 14.4. The van der Waals surface area contributed by atoms with E-state index in [4.69, 9.17) is 9.47 Å². The van der Waals surface area contributed by atoms with Gasteiger partial charge in [-0.2, -0.15) is 0 Å². The first-order valence-electron chi connectivity index (χ1n) is 10.6. The molecule has 2 atom stereocenters. The van der Waals surface area contributed by atoms with Gasteiger partial charge < -0.3 is 9.47 Å². The minimum Gasteiger partial charge on any atom is -0.494 e. The number of rotatable bonds is 8. The van der Waals surface area contributed by atoms with Crippen LogP contribution in [0.25, 0.3) is 6.08 Å². The molecule has 2 nitrogen and oxygen atoms in total. The van der Waals surface area contributed by atoms with Crippen LogP contribution in [0.3, 0.4) is 0 Å². The molecule has 0 aromatic heterocycles. The molecule has 30 heavy (non-hydrogen) atoms. The van der Waals surface area contributed by atoms with E-state index < -0.39 is 17.8 Å². The molecule has 2 aromatic rings. The van der Waals surface area contributed by atoms with Gasteiger partial charge >= 0.3 is 0 Å². The largest absolute Gasteiger partial charge is 0.494 e. The summed E-state index contributed by atoms with van der Waals surface area (Å²) in [6, 6.07) is 11.2. The molecule has 0 bridgehead atoms. The summed E-state index contributed by atoms with van der Waals surface area (Å²) in [7, 11) is 0. The molecular weight excluding hydrogens is 389 g/mol. The molecule has 0 saturated carbocycles. The van der Waals surface area contributed by atoms with Gasteiger partial charge in [0.25, 0.3) is 6.43 Å². The molecule has 1 aliphatic rings. The zero-order chi connectivity index (χ0) is 21.5. The van der Waals surface area contributed by atoms with Gasteiger partial charge in [-0.05, 0) is 49.4 Å². The molecule has 0 radical (unpaired) electrons. The van der Waals surface area contributed by atoms with Crippen LogP contribution >= 0.6 is 0 Å². The highest BCUT2D eigenvalue weighted by atomic mass is 19.3. The summed E-state index contributed by atoms with van der Waals surface area (Å²) < 4.78 is 52.1. The topological polar surface area (TPSA) is 18.5 Å². The summed E-state index contributed by atoms with van der Waals surface area (Å²) in [6.07, 6.45) is 4.24. The monoisotopic (exact) mass is 418 g/mol. The lowest BCUT2D eigenvalue weighted by Crippen LogP contribution is -2.23. The predicted octanol–water partition coefficient (Wildman–Crippen LogP) is 7.23. The number of alkyl halides is 2. The Labute approximate surface area is 176 Å². The fraction of sp³-hybridized carbons (Fsp3) is 0.440. The first-order valence-corrected chi connectivity index (χ1v) is 10.6. The SMILES string of the molecule is CCCCOc1ccc(C2CCC(/C=C/c3ccc(C)c(C(F)F)c3F)OC2)cc1. The van der Waals surface area contributed by atoms with Crippen molar-refractivity contribution >= 4 is 6.08 Å². The fourth-order valence-corrected chi connectivity index (χ4v) is 3.67. The summed E-state index contributed by atoms with van der Waals surface area (Å²) in [6.45, 7) is 4.93. The van der Waals surface area contributed by atoms with Crippen LogP contribution in [0.2, 0.25) is 0 Å². The first kappa shape index (κ1) is 22.4. The van der Waals surface area contributed by atoms with Crippen LogP contribution < -0.4 is 4.74 Å². The summed E-state index contributed by atoms with van der Waals surface area (Å²) >= 11 is 0. The zero-order valence-corrected chi connectivity index (χ0v) is 17.5. The molecule has 1 saturated heterocycles. The van der Waals surface area contributed by atoms with Crippen molar-refractivity contribution in [3.63, 3.8) is 0 Å². The highest BCUT2D eigenvalue weighted by molar-refractivity contribution is 5.53. The summed E-state index contributed by atoms with van der Waals surface area (Å²) in [5.74, 6) is 0.338. The van der Waals surface area contributed by atoms with Crippen molar-refractivity contribution < 1.29 is 22.6 Å². The molecule has 1 aliphatic heterocycles. The maximum Gasteiger partial charge on any atom is 0.266 e. The lowest BCUT2D eigenvalue weighted by molar-refractivity contribution is 0.0331. The third-order valence-corrected chi connectivity index (χ3v) is 5.57. The quantitative estimate of drug-likeness (QED) is 0.421. The second kappa shape index (κ2) is 10.7. The normalized spacial score (nSPS) is 19.5. The van der Waals surface area contributed by atoms with Gasteiger partial charge in [0.2, 0.25) is 0 Å². The minimum absolute atomic E-state index is 0.145. The van der Waals surface area contributed by atoms with Crippen molar-refractivity contribution in [3.8, 4) is 5.75 Å². The molecule has 0 spiro atoms. The van der Waals surface area contributed by atoms with Gasteiger partial charge in [0.15, 0.2) is 0 Å². The molecule has 0 amide bonds. The summed E-state index contributed by atoms with van der Waals surface area (Å²) in [5.41, 5.74) is 1.12. The van der Waals surface area contributed by atoms with Crippen LogP contribution in [-0.4, -0.2) is 19.3 Å². The number of aryl methyl sites for hydroxylation is 1. The van der Waals surface area contributed by atoms with Crippen molar-refractivity contribution in [3.05, 3.63) is 70.5 Å². The van der Waals surface area contributed by atoms with Crippen molar-refractivity contribution in [2.24, 2.45) is 0 Å². The Kier molecular flexibility index (Phi) is 7.97. The van der Waals surface area contributed by atoms with E-state index >= 15 is 0 Å². The molecule has 2 aromatic carbocycles. The molecule has 2 unspecified atom stereocenters. The predicted molar refractivity (Wildman–Crippen MR) is 114 cm³/mol. The zero-order valence-electron chi connectivity index (χ0n) is 17.5. The Hall–Kier alpha value is -2.27. The maximum absolute atomic E-state index is 14.4. The number of hydrogen-bond donors (Lipinski definition) is 0. The Morgan fingerprint density at radius 1 is 1.13 bits per heavy atom. The van der Waals surface area contributed by atoms with Crippen LogP contribution in [0.4, 0.5) is 13.2 Å². The molecule has 1 heterocycles.